The average molecular weight is 414 g/mol. The van der Waals surface area contributed by atoms with Gasteiger partial charge < -0.3 is 10.1 Å². The number of nitrogens with zero attached hydrogens (tertiary/aromatic N) is 3. The van der Waals surface area contributed by atoms with Crippen LogP contribution in [0, 0.1) is 17.0 Å². The quantitative estimate of drug-likeness (QED) is 0.486. The van der Waals surface area contributed by atoms with Crippen LogP contribution >= 0.6 is 0 Å². The molecule has 0 unspecified atom stereocenters. The summed E-state index contributed by atoms with van der Waals surface area (Å²) in [6.45, 7) is 6.98. The molecule has 1 atom stereocenters. The number of nitro groups is 1. The van der Waals surface area contributed by atoms with Crippen LogP contribution in [0.15, 0.2) is 18.2 Å². The molecule has 2 rings (SSSR count). The summed E-state index contributed by atoms with van der Waals surface area (Å²) in [5.74, 6) is -0.468. The fraction of sp³-hybridized carbons (Fsp3) is 0.588. The highest BCUT2D eigenvalue weighted by Gasteiger charge is 2.31. The second-order valence-electron chi connectivity index (χ2n) is 6.71. The highest BCUT2D eigenvalue weighted by Crippen LogP contribution is 2.29. The summed E-state index contributed by atoms with van der Waals surface area (Å²) < 4.78 is 31.0. The van der Waals surface area contributed by atoms with E-state index in [1.807, 2.05) is 0 Å². The van der Waals surface area contributed by atoms with Gasteiger partial charge in [0.05, 0.1) is 30.1 Å². The Labute approximate surface area is 164 Å². The molecule has 1 fully saturated rings. The van der Waals surface area contributed by atoms with E-state index in [0.29, 0.717) is 31.9 Å². The van der Waals surface area contributed by atoms with Crippen molar-refractivity contribution in [3.05, 3.63) is 33.9 Å². The molecular formula is C17H26N4O6S. The van der Waals surface area contributed by atoms with Gasteiger partial charge in [0.25, 0.3) is 5.69 Å². The number of anilines is 1. The summed E-state index contributed by atoms with van der Waals surface area (Å²) in [4.78, 5) is 25.2. The minimum atomic E-state index is -3.85. The number of hydrogen-bond donors (Lipinski definition) is 1. The highest BCUT2D eigenvalue weighted by molar-refractivity contribution is 7.92. The zero-order chi connectivity index (χ0) is 20.9. The van der Waals surface area contributed by atoms with Crippen molar-refractivity contribution in [1.82, 2.24) is 10.2 Å². The largest absolute Gasteiger partial charge is 0.379 e. The van der Waals surface area contributed by atoms with Gasteiger partial charge in [0.15, 0.2) is 0 Å². The minimum Gasteiger partial charge on any atom is -0.379 e. The Balaban J connectivity index is 2.15. The molecule has 1 amide bonds. The first-order chi connectivity index (χ1) is 13.1. The van der Waals surface area contributed by atoms with Gasteiger partial charge in [-0.15, -0.1) is 0 Å². The molecule has 1 heterocycles. The number of aryl methyl sites for hydroxylation is 1. The first-order valence-corrected chi connectivity index (χ1v) is 10.8. The fourth-order valence-electron chi connectivity index (χ4n) is 3.04. The molecule has 1 aliphatic heterocycles. The van der Waals surface area contributed by atoms with Gasteiger partial charge in [-0.05, 0) is 19.4 Å². The minimum absolute atomic E-state index is 0.118. The molecule has 10 nitrogen and oxygen atoms in total. The molecule has 0 aliphatic carbocycles. The van der Waals surface area contributed by atoms with Crippen LogP contribution < -0.4 is 9.62 Å². The van der Waals surface area contributed by atoms with Gasteiger partial charge in [-0.2, -0.15) is 0 Å². The molecular weight excluding hydrogens is 388 g/mol. The number of benzene rings is 1. The summed E-state index contributed by atoms with van der Waals surface area (Å²) in [5.41, 5.74) is 0.394. The van der Waals surface area contributed by atoms with Crippen molar-refractivity contribution in [3.8, 4) is 0 Å². The van der Waals surface area contributed by atoms with E-state index in [1.165, 1.54) is 25.1 Å². The Morgan fingerprint density at radius 1 is 1.39 bits per heavy atom. The first-order valence-electron chi connectivity index (χ1n) is 8.93. The number of carbonyl (C=O) groups is 1. The summed E-state index contributed by atoms with van der Waals surface area (Å²) in [5, 5.41) is 13.8. The van der Waals surface area contributed by atoms with Crippen molar-refractivity contribution in [2.75, 3.05) is 50.0 Å². The highest BCUT2D eigenvalue weighted by atomic mass is 32.2. The third-order valence-electron chi connectivity index (χ3n) is 4.56. The Kier molecular flexibility index (Phi) is 7.33. The van der Waals surface area contributed by atoms with E-state index in [4.69, 9.17) is 4.74 Å². The van der Waals surface area contributed by atoms with Crippen LogP contribution in [0.5, 0.6) is 0 Å². The average Bonchev–Trinajstić information content (AvgIpc) is 2.62. The number of amides is 1. The molecule has 1 aromatic rings. The van der Waals surface area contributed by atoms with E-state index >= 15 is 0 Å². The van der Waals surface area contributed by atoms with Crippen molar-refractivity contribution in [3.63, 3.8) is 0 Å². The maximum absolute atomic E-state index is 12.6. The van der Waals surface area contributed by atoms with Crippen LogP contribution in [0.1, 0.15) is 12.5 Å². The molecule has 0 radical (unpaired) electrons. The molecule has 1 N–H and O–H groups in total. The lowest BCUT2D eigenvalue weighted by molar-refractivity contribution is -0.384. The Hall–Kier alpha value is -2.24. The van der Waals surface area contributed by atoms with Gasteiger partial charge in [0.2, 0.25) is 15.9 Å². The molecule has 1 saturated heterocycles. The van der Waals surface area contributed by atoms with E-state index in [2.05, 4.69) is 10.2 Å². The number of nitro benzene ring substituents is 1. The van der Waals surface area contributed by atoms with Crippen molar-refractivity contribution in [2.45, 2.75) is 19.9 Å². The van der Waals surface area contributed by atoms with Gasteiger partial charge in [-0.25, -0.2) is 8.42 Å². The molecule has 0 spiro atoms. The molecule has 11 heteroatoms. The summed E-state index contributed by atoms with van der Waals surface area (Å²) in [6.07, 6.45) is 0.975. The van der Waals surface area contributed by atoms with Crippen molar-refractivity contribution in [2.24, 2.45) is 0 Å². The van der Waals surface area contributed by atoms with Crippen LogP contribution in [0.4, 0.5) is 11.4 Å². The number of sulfonamides is 1. The van der Waals surface area contributed by atoms with E-state index in [9.17, 15) is 23.3 Å². The Bertz CT molecular complexity index is 823. The maximum atomic E-state index is 12.6. The van der Waals surface area contributed by atoms with Gasteiger partial charge in [-0.3, -0.25) is 24.1 Å². The van der Waals surface area contributed by atoms with Gasteiger partial charge in [0.1, 0.15) is 6.04 Å². The van der Waals surface area contributed by atoms with Gasteiger partial charge >= 0.3 is 0 Å². The lowest BCUT2D eigenvalue weighted by Crippen LogP contribution is -2.50. The summed E-state index contributed by atoms with van der Waals surface area (Å²) in [6, 6.07) is 2.88. The number of morpholine rings is 1. The lowest BCUT2D eigenvalue weighted by Gasteiger charge is -2.30. The van der Waals surface area contributed by atoms with E-state index in [-0.39, 0.29) is 11.4 Å². The number of rotatable bonds is 8. The molecule has 0 saturated carbocycles. The van der Waals surface area contributed by atoms with Gasteiger partial charge in [-0.1, -0.05) is 6.07 Å². The molecule has 156 valence electrons. The normalized spacial score (nSPS) is 16.4. The van der Waals surface area contributed by atoms with Crippen LogP contribution in [0.25, 0.3) is 0 Å². The summed E-state index contributed by atoms with van der Waals surface area (Å²) in [7, 11) is -3.85. The maximum Gasteiger partial charge on any atom is 0.271 e. The monoisotopic (exact) mass is 414 g/mol. The third kappa shape index (κ3) is 5.63. The number of ether oxygens (including phenoxy) is 1. The SMILES string of the molecule is Cc1ccc([N+](=O)[O-])cc1N([C@H](C)C(=O)NCCN1CCOCC1)S(C)(=O)=O. The predicted molar refractivity (Wildman–Crippen MR) is 105 cm³/mol. The second-order valence-corrected chi connectivity index (χ2v) is 8.57. The second kappa shape index (κ2) is 9.30. The van der Waals surface area contributed by atoms with Crippen molar-refractivity contribution >= 4 is 27.3 Å². The zero-order valence-corrected chi connectivity index (χ0v) is 17.1. The fourth-order valence-corrected chi connectivity index (χ4v) is 4.26. The van der Waals surface area contributed by atoms with Crippen LogP contribution in [0.3, 0.4) is 0 Å². The molecule has 28 heavy (non-hydrogen) atoms. The number of hydrogen-bond acceptors (Lipinski definition) is 7. The van der Waals surface area contributed by atoms with E-state index < -0.39 is 26.9 Å². The standard InChI is InChI=1S/C17H26N4O6S/c1-13-4-5-15(21(23)24)12-16(13)20(28(3,25)26)14(2)17(22)18-6-7-19-8-10-27-11-9-19/h4-5,12,14H,6-11H2,1-3H3,(H,18,22)/t14-/m1/s1. The predicted octanol–water partition coefficient (Wildman–Crippen LogP) is 0.506. The van der Waals surface area contributed by atoms with Crippen molar-refractivity contribution < 1.29 is 22.9 Å². The first kappa shape index (κ1) is 22.1. The van der Waals surface area contributed by atoms with Gasteiger partial charge in [0, 0.05) is 38.3 Å². The number of carbonyl (C=O) groups excluding carboxylic acids is 1. The van der Waals surface area contributed by atoms with Crippen molar-refractivity contribution in [1.29, 1.82) is 0 Å². The van der Waals surface area contributed by atoms with E-state index in [0.717, 1.165) is 23.7 Å². The van der Waals surface area contributed by atoms with Crippen LogP contribution in [-0.2, 0) is 19.6 Å². The van der Waals surface area contributed by atoms with E-state index in [1.54, 1.807) is 6.92 Å². The molecule has 0 bridgehead atoms. The number of nitrogens with one attached hydrogen (secondary N) is 1. The topological polar surface area (TPSA) is 122 Å². The molecule has 1 aromatic carbocycles. The summed E-state index contributed by atoms with van der Waals surface area (Å²) >= 11 is 0. The van der Waals surface area contributed by atoms with Crippen LogP contribution in [0.2, 0.25) is 0 Å². The molecule has 0 aromatic heterocycles. The lowest BCUT2D eigenvalue weighted by atomic mass is 10.1. The Morgan fingerprint density at radius 3 is 2.61 bits per heavy atom. The molecule has 1 aliphatic rings. The Morgan fingerprint density at radius 2 is 2.04 bits per heavy atom. The van der Waals surface area contributed by atoms with Crippen LogP contribution in [-0.4, -0.2) is 75.8 Å². The third-order valence-corrected chi connectivity index (χ3v) is 5.79. The smallest absolute Gasteiger partial charge is 0.271 e. The zero-order valence-electron chi connectivity index (χ0n) is 16.3. The number of non-ortho nitro benzene ring substituents is 1.